The number of rotatable bonds is 2. The Kier molecular flexibility index (Phi) is 3.27. The molecule has 2 unspecified atom stereocenters. The van der Waals surface area contributed by atoms with Crippen molar-refractivity contribution in [1.29, 1.82) is 0 Å². The van der Waals surface area contributed by atoms with Gasteiger partial charge in [0, 0.05) is 0 Å². The van der Waals surface area contributed by atoms with Crippen molar-refractivity contribution < 1.29 is 25.9 Å². The summed E-state index contributed by atoms with van der Waals surface area (Å²) < 4.78 is 61.5. The maximum atomic E-state index is 11.5. The van der Waals surface area contributed by atoms with E-state index in [0.717, 1.165) is 6.08 Å². The number of halogens is 1. The first-order valence-electron chi connectivity index (χ1n) is 4.98. The van der Waals surface area contributed by atoms with Gasteiger partial charge in [0.25, 0.3) is 20.2 Å². The minimum atomic E-state index is -5.00. The molecule has 0 amide bonds. The lowest BCUT2D eigenvalue weighted by Gasteiger charge is -2.32. The van der Waals surface area contributed by atoms with Crippen molar-refractivity contribution in [3.8, 4) is 0 Å². The lowest BCUT2D eigenvalue weighted by atomic mass is 9.96. The molecule has 1 aromatic rings. The van der Waals surface area contributed by atoms with Crippen LogP contribution in [0, 0.1) is 0 Å². The molecule has 1 aliphatic carbocycles. The van der Waals surface area contributed by atoms with E-state index < -0.39 is 29.7 Å². The summed E-state index contributed by atoms with van der Waals surface area (Å²) in [5.74, 6) is 0. The highest BCUT2D eigenvalue weighted by atomic mass is 35.5. The van der Waals surface area contributed by atoms with E-state index in [1.807, 2.05) is 0 Å². The van der Waals surface area contributed by atoms with Gasteiger partial charge in [-0.1, -0.05) is 48.0 Å². The van der Waals surface area contributed by atoms with Crippen LogP contribution >= 0.6 is 11.6 Å². The zero-order chi connectivity index (χ0) is 14.5. The Bertz CT molecular complexity index is 752. The highest BCUT2D eigenvalue weighted by Crippen LogP contribution is 2.46. The minimum Gasteiger partial charge on any atom is -0.285 e. The summed E-state index contributed by atoms with van der Waals surface area (Å²) in [6, 6.07) is 5.83. The van der Waals surface area contributed by atoms with Gasteiger partial charge in [-0.25, -0.2) is 0 Å². The summed E-state index contributed by atoms with van der Waals surface area (Å²) >= 11 is 5.90. The summed E-state index contributed by atoms with van der Waals surface area (Å²) in [6.07, 6.45) is 2.25. The molecule has 2 N–H and O–H groups in total. The number of alkyl halides is 1. The standard InChI is InChI=1S/C10H9ClO6S2/c11-10(19(15,16)17)8-4-2-1-3-7(8)5-6-9(10)18(12,13)14/h1-6,9H,(H,12,13,14)(H,15,16,17). The average molecular weight is 325 g/mol. The van der Waals surface area contributed by atoms with Crippen molar-refractivity contribution in [3.05, 3.63) is 41.5 Å². The SMILES string of the molecule is O=S(=O)(O)C1C=Cc2ccccc2C1(Cl)S(=O)(=O)O. The van der Waals surface area contributed by atoms with Gasteiger partial charge < -0.3 is 0 Å². The van der Waals surface area contributed by atoms with Crippen molar-refractivity contribution in [2.45, 2.75) is 9.46 Å². The molecule has 0 radical (unpaired) electrons. The van der Waals surface area contributed by atoms with Gasteiger partial charge in [0.05, 0.1) is 0 Å². The van der Waals surface area contributed by atoms with E-state index in [1.54, 1.807) is 6.07 Å². The monoisotopic (exact) mass is 324 g/mol. The zero-order valence-corrected chi connectivity index (χ0v) is 11.7. The molecule has 19 heavy (non-hydrogen) atoms. The van der Waals surface area contributed by atoms with E-state index in [4.69, 9.17) is 16.2 Å². The van der Waals surface area contributed by atoms with Gasteiger partial charge in [0.15, 0.2) is 0 Å². The van der Waals surface area contributed by atoms with E-state index >= 15 is 0 Å². The van der Waals surface area contributed by atoms with Gasteiger partial charge in [0.2, 0.25) is 4.21 Å². The topological polar surface area (TPSA) is 109 Å². The predicted octanol–water partition coefficient (Wildman–Crippen LogP) is 1.25. The number of hydrogen-bond acceptors (Lipinski definition) is 4. The Morgan fingerprint density at radius 1 is 1.11 bits per heavy atom. The Morgan fingerprint density at radius 2 is 1.68 bits per heavy atom. The molecule has 0 saturated heterocycles. The first-order valence-corrected chi connectivity index (χ1v) is 8.30. The van der Waals surface area contributed by atoms with Crippen molar-refractivity contribution >= 4 is 37.9 Å². The molecule has 1 aromatic carbocycles. The lowest BCUT2D eigenvalue weighted by molar-refractivity contribution is 0.439. The van der Waals surface area contributed by atoms with Crippen LogP contribution in [0.15, 0.2) is 30.3 Å². The molecule has 0 fully saturated rings. The Hall–Kier alpha value is -0.930. The summed E-state index contributed by atoms with van der Waals surface area (Å²) in [5.41, 5.74) is 0.235. The fraction of sp³-hybridized carbons (Fsp3) is 0.200. The van der Waals surface area contributed by atoms with E-state index in [0.29, 0.717) is 5.56 Å². The molecule has 9 heteroatoms. The van der Waals surface area contributed by atoms with Crippen LogP contribution in [0.1, 0.15) is 11.1 Å². The molecule has 2 atom stereocenters. The summed E-state index contributed by atoms with van der Waals surface area (Å²) in [7, 11) is -9.81. The van der Waals surface area contributed by atoms with Gasteiger partial charge >= 0.3 is 0 Å². The van der Waals surface area contributed by atoms with Gasteiger partial charge in [-0.05, 0) is 11.1 Å². The van der Waals surface area contributed by atoms with Crippen LogP contribution in [0.4, 0.5) is 0 Å². The molecular formula is C10H9ClO6S2. The number of hydrogen-bond donors (Lipinski definition) is 2. The normalized spacial score (nSPS) is 27.0. The molecule has 6 nitrogen and oxygen atoms in total. The van der Waals surface area contributed by atoms with Crippen molar-refractivity contribution in [1.82, 2.24) is 0 Å². The van der Waals surface area contributed by atoms with Crippen LogP contribution in [0.5, 0.6) is 0 Å². The third kappa shape index (κ3) is 2.19. The van der Waals surface area contributed by atoms with Gasteiger partial charge in [-0.15, -0.1) is 0 Å². The molecule has 0 aliphatic heterocycles. The maximum Gasteiger partial charge on any atom is 0.291 e. The molecule has 0 heterocycles. The summed E-state index contributed by atoms with van der Waals surface area (Å²) in [4.78, 5) is 0. The predicted molar refractivity (Wildman–Crippen MR) is 69.9 cm³/mol. The lowest BCUT2D eigenvalue weighted by Crippen LogP contribution is -2.46. The van der Waals surface area contributed by atoms with E-state index in [-0.39, 0.29) is 5.56 Å². The van der Waals surface area contributed by atoms with E-state index in [2.05, 4.69) is 0 Å². The highest BCUT2D eigenvalue weighted by Gasteiger charge is 2.56. The Balaban J connectivity index is 2.86. The highest BCUT2D eigenvalue weighted by molar-refractivity contribution is 7.92. The number of fused-ring (bicyclic) bond motifs is 1. The van der Waals surface area contributed by atoms with Crippen LogP contribution in [0.3, 0.4) is 0 Å². The minimum absolute atomic E-state index is 0.107. The molecule has 104 valence electrons. The third-order valence-electron chi connectivity index (χ3n) is 2.84. The van der Waals surface area contributed by atoms with Gasteiger partial charge in [-0.2, -0.15) is 16.8 Å². The maximum absolute atomic E-state index is 11.5. The fourth-order valence-corrected chi connectivity index (χ4v) is 4.93. The second-order valence-corrected chi connectivity index (χ2v) is 7.95. The summed E-state index contributed by atoms with van der Waals surface area (Å²) in [5, 5.41) is -1.99. The zero-order valence-electron chi connectivity index (χ0n) is 9.26. The molecular weight excluding hydrogens is 316 g/mol. The fourth-order valence-electron chi connectivity index (χ4n) is 2.00. The largest absolute Gasteiger partial charge is 0.291 e. The third-order valence-corrected chi connectivity index (χ3v) is 6.52. The second kappa shape index (κ2) is 4.29. The van der Waals surface area contributed by atoms with Crippen LogP contribution in [0.2, 0.25) is 0 Å². The van der Waals surface area contributed by atoms with Gasteiger partial charge in [0.1, 0.15) is 5.25 Å². The van der Waals surface area contributed by atoms with Crippen LogP contribution in [-0.2, 0) is 24.4 Å². The van der Waals surface area contributed by atoms with Crippen molar-refractivity contribution in [2.24, 2.45) is 0 Å². The first kappa shape index (κ1) is 14.5. The van der Waals surface area contributed by atoms with Crippen molar-refractivity contribution in [3.63, 3.8) is 0 Å². The smallest absolute Gasteiger partial charge is 0.285 e. The first-order chi connectivity index (χ1) is 8.58. The average Bonchev–Trinajstić information content (AvgIpc) is 2.26. The van der Waals surface area contributed by atoms with Crippen molar-refractivity contribution in [2.75, 3.05) is 0 Å². The molecule has 1 aliphatic rings. The molecule has 0 saturated carbocycles. The molecule has 0 bridgehead atoms. The Labute approximate surface area is 115 Å². The van der Waals surface area contributed by atoms with Crippen LogP contribution in [-0.4, -0.2) is 31.2 Å². The Morgan fingerprint density at radius 3 is 2.21 bits per heavy atom. The van der Waals surface area contributed by atoms with E-state index in [9.17, 15) is 21.4 Å². The van der Waals surface area contributed by atoms with E-state index in [1.165, 1.54) is 24.3 Å². The molecule has 0 aromatic heterocycles. The number of benzene rings is 1. The molecule has 2 rings (SSSR count). The second-order valence-electron chi connectivity index (χ2n) is 4.00. The molecule has 0 spiro atoms. The summed E-state index contributed by atoms with van der Waals surface area (Å²) in [6.45, 7) is 0. The van der Waals surface area contributed by atoms with Crippen LogP contribution in [0.25, 0.3) is 6.08 Å². The van der Waals surface area contributed by atoms with Gasteiger partial charge in [-0.3, -0.25) is 9.11 Å². The van der Waals surface area contributed by atoms with Crippen LogP contribution < -0.4 is 0 Å². The quantitative estimate of drug-likeness (QED) is 0.626.